The van der Waals surface area contributed by atoms with Crippen LogP contribution < -0.4 is 5.32 Å². The molecule has 4 nitrogen and oxygen atoms in total. The van der Waals surface area contributed by atoms with Crippen LogP contribution in [0.3, 0.4) is 0 Å². The van der Waals surface area contributed by atoms with Crippen molar-refractivity contribution in [3.8, 4) is 0 Å². The predicted molar refractivity (Wildman–Crippen MR) is 77.9 cm³/mol. The van der Waals surface area contributed by atoms with Gasteiger partial charge >= 0.3 is 5.97 Å². The average molecular weight is 274 g/mol. The molecular formula is C16H22N2O2. The SMILES string of the molecule is O=C(O)c1cccc(CNC2CCN3CCCCC23)c1. The molecule has 2 unspecified atom stereocenters. The summed E-state index contributed by atoms with van der Waals surface area (Å²) in [6.07, 6.45) is 5.19. The van der Waals surface area contributed by atoms with Gasteiger partial charge in [-0.05, 0) is 43.5 Å². The Labute approximate surface area is 119 Å². The van der Waals surface area contributed by atoms with Gasteiger partial charge in [-0.2, -0.15) is 0 Å². The molecule has 0 bridgehead atoms. The van der Waals surface area contributed by atoms with Crippen molar-refractivity contribution in [3.05, 3.63) is 35.4 Å². The molecule has 0 aromatic heterocycles. The summed E-state index contributed by atoms with van der Waals surface area (Å²) in [7, 11) is 0. The smallest absolute Gasteiger partial charge is 0.335 e. The standard InChI is InChI=1S/C16H22N2O2/c19-16(20)13-5-3-4-12(10-13)11-17-14-7-9-18-8-2-1-6-15(14)18/h3-5,10,14-15,17H,1-2,6-9,11H2,(H,19,20). The van der Waals surface area contributed by atoms with E-state index in [0.29, 0.717) is 17.6 Å². The summed E-state index contributed by atoms with van der Waals surface area (Å²) >= 11 is 0. The topological polar surface area (TPSA) is 52.6 Å². The molecule has 2 heterocycles. The van der Waals surface area contributed by atoms with Crippen LogP contribution in [-0.4, -0.2) is 41.1 Å². The summed E-state index contributed by atoms with van der Waals surface area (Å²) in [5.41, 5.74) is 1.43. The van der Waals surface area contributed by atoms with E-state index in [-0.39, 0.29) is 0 Å². The molecule has 0 radical (unpaired) electrons. The van der Waals surface area contributed by atoms with Crippen LogP contribution in [0.5, 0.6) is 0 Å². The second-order valence-electron chi connectivity index (χ2n) is 5.88. The minimum Gasteiger partial charge on any atom is -0.478 e. The van der Waals surface area contributed by atoms with Gasteiger partial charge in [-0.1, -0.05) is 18.6 Å². The molecule has 20 heavy (non-hydrogen) atoms. The lowest BCUT2D eigenvalue weighted by Gasteiger charge is -2.32. The van der Waals surface area contributed by atoms with E-state index in [1.54, 1.807) is 12.1 Å². The minimum atomic E-state index is -0.855. The molecule has 0 saturated carbocycles. The Kier molecular flexibility index (Phi) is 4.03. The van der Waals surface area contributed by atoms with Gasteiger partial charge in [0.05, 0.1) is 5.56 Å². The molecule has 2 saturated heterocycles. The first-order valence-electron chi connectivity index (χ1n) is 7.54. The number of carbonyl (C=O) groups is 1. The normalized spacial score (nSPS) is 26.4. The fraction of sp³-hybridized carbons (Fsp3) is 0.562. The lowest BCUT2D eigenvalue weighted by molar-refractivity contribution is 0.0696. The van der Waals surface area contributed by atoms with Gasteiger partial charge in [0.15, 0.2) is 0 Å². The van der Waals surface area contributed by atoms with Gasteiger partial charge in [0.2, 0.25) is 0 Å². The van der Waals surface area contributed by atoms with E-state index >= 15 is 0 Å². The maximum absolute atomic E-state index is 11.0. The van der Waals surface area contributed by atoms with Crippen molar-refractivity contribution in [2.75, 3.05) is 13.1 Å². The molecule has 0 spiro atoms. The molecule has 1 aromatic rings. The first-order chi connectivity index (χ1) is 9.74. The van der Waals surface area contributed by atoms with Gasteiger partial charge < -0.3 is 10.4 Å². The molecule has 2 N–H and O–H groups in total. The van der Waals surface area contributed by atoms with Crippen LogP contribution in [0.15, 0.2) is 24.3 Å². The predicted octanol–water partition coefficient (Wildman–Crippen LogP) is 2.10. The third kappa shape index (κ3) is 2.86. The van der Waals surface area contributed by atoms with Crippen molar-refractivity contribution in [3.63, 3.8) is 0 Å². The molecule has 0 amide bonds. The summed E-state index contributed by atoms with van der Waals surface area (Å²) in [5.74, 6) is -0.855. The number of fused-ring (bicyclic) bond motifs is 1. The zero-order valence-corrected chi connectivity index (χ0v) is 11.7. The van der Waals surface area contributed by atoms with Gasteiger partial charge in [-0.3, -0.25) is 4.90 Å². The van der Waals surface area contributed by atoms with E-state index in [4.69, 9.17) is 5.11 Å². The summed E-state index contributed by atoms with van der Waals surface area (Å²) in [4.78, 5) is 13.6. The Morgan fingerprint density at radius 3 is 3.05 bits per heavy atom. The molecule has 2 atom stereocenters. The average Bonchev–Trinajstić information content (AvgIpc) is 2.89. The highest BCUT2D eigenvalue weighted by atomic mass is 16.4. The lowest BCUT2D eigenvalue weighted by atomic mass is 9.99. The molecule has 3 rings (SSSR count). The highest BCUT2D eigenvalue weighted by Gasteiger charge is 2.34. The monoisotopic (exact) mass is 274 g/mol. The Morgan fingerprint density at radius 2 is 2.20 bits per heavy atom. The number of rotatable bonds is 4. The molecule has 2 aliphatic rings. The fourth-order valence-corrected chi connectivity index (χ4v) is 3.55. The van der Waals surface area contributed by atoms with E-state index in [2.05, 4.69) is 10.2 Å². The number of carboxylic acid groups (broad SMARTS) is 1. The van der Waals surface area contributed by atoms with Crippen LogP contribution in [0.2, 0.25) is 0 Å². The molecule has 0 aliphatic carbocycles. The van der Waals surface area contributed by atoms with Crippen LogP contribution in [0.25, 0.3) is 0 Å². The number of hydrogen-bond donors (Lipinski definition) is 2. The zero-order valence-electron chi connectivity index (χ0n) is 11.7. The van der Waals surface area contributed by atoms with Crippen LogP contribution in [0.1, 0.15) is 41.6 Å². The van der Waals surface area contributed by atoms with E-state index in [9.17, 15) is 4.79 Å². The zero-order chi connectivity index (χ0) is 13.9. The number of nitrogens with zero attached hydrogens (tertiary/aromatic N) is 1. The Morgan fingerprint density at radius 1 is 1.30 bits per heavy atom. The van der Waals surface area contributed by atoms with E-state index in [1.807, 2.05) is 12.1 Å². The largest absolute Gasteiger partial charge is 0.478 e. The summed E-state index contributed by atoms with van der Waals surface area (Å²) < 4.78 is 0. The number of carboxylic acids is 1. The highest BCUT2D eigenvalue weighted by Crippen LogP contribution is 2.27. The minimum absolute atomic E-state index is 0.370. The highest BCUT2D eigenvalue weighted by molar-refractivity contribution is 5.87. The van der Waals surface area contributed by atoms with Crippen LogP contribution in [0, 0.1) is 0 Å². The van der Waals surface area contributed by atoms with Gasteiger partial charge in [0, 0.05) is 25.2 Å². The molecule has 2 fully saturated rings. The molecule has 108 valence electrons. The number of aromatic carboxylic acids is 1. The van der Waals surface area contributed by atoms with Crippen molar-refractivity contribution in [2.45, 2.75) is 44.3 Å². The Hall–Kier alpha value is -1.39. The first-order valence-corrected chi connectivity index (χ1v) is 7.54. The van der Waals surface area contributed by atoms with Crippen molar-refractivity contribution < 1.29 is 9.90 Å². The number of nitrogens with one attached hydrogen (secondary N) is 1. The Balaban J connectivity index is 1.59. The molecule has 1 aromatic carbocycles. The van der Waals surface area contributed by atoms with Crippen molar-refractivity contribution in [1.82, 2.24) is 10.2 Å². The van der Waals surface area contributed by atoms with Crippen LogP contribution in [-0.2, 0) is 6.54 Å². The fourth-order valence-electron chi connectivity index (χ4n) is 3.55. The maximum atomic E-state index is 11.0. The third-order valence-corrected chi connectivity index (χ3v) is 4.60. The molecule has 4 heteroatoms. The van der Waals surface area contributed by atoms with Gasteiger partial charge in [0.25, 0.3) is 0 Å². The summed E-state index contributed by atoms with van der Waals surface area (Å²) in [6, 6.07) is 8.47. The lowest BCUT2D eigenvalue weighted by Crippen LogP contribution is -2.44. The number of benzene rings is 1. The third-order valence-electron chi connectivity index (χ3n) is 4.60. The molecule has 2 aliphatic heterocycles. The van der Waals surface area contributed by atoms with Crippen molar-refractivity contribution in [2.24, 2.45) is 0 Å². The maximum Gasteiger partial charge on any atom is 0.335 e. The number of hydrogen-bond acceptors (Lipinski definition) is 3. The first kappa shape index (κ1) is 13.6. The van der Waals surface area contributed by atoms with Gasteiger partial charge in [0.1, 0.15) is 0 Å². The second-order valence-corrected chi connectivity index (χ2v) is 5.88. The van der Waals surface area contributed by atoms with E-state index in [0.717, 1.165) is 12.1 Å². The van der Waals surface area contributed by atoms with Crippen molar-refractivity contribution in [1.29, 1.82) is 0 Å². The summed E-state index contributed by atoms with van der Waals surface area (Å²) in [6.45, 7) is 3.21. The second kappa shape index (κ2) is 5.94. The van der Waals surface area contributed by atoms with E-state index in [1.165, 1.54) is 38.8 Å². The quantitative estimate of drug-likeness (QED) is 0.883. The summed E-state index contributed by atoms with van der Waals surface area (Å²) in [5, 5.41) is 12.6. The number of piperidine rings is 1. The molecular weight excluding hydrogens is 252 g/mol. The van der Waals surface area contributed by atoms with Gasteiger partial charge in [-0.15, -0.1) is 0 Å². The van der Waals surface area contributed by atoms with Crippen LogP contribution >= 0.6 is 0 Å². The van der Waals surface area contributed by atoms with Crippen molar-refractivity contribution >= 4 is 5.97 Å². The van der Waals surface area contributed by atoms with Crippen LogP contribution in [0.4, 0.5) is 0 Å². The Bertz CT molecular complexity index is 489. The van der Waals surface area contributed by atoms with E-state index < -0.39 is 5.97 Å². The van der Waals surface area contributed by atoms with Gasteiger partial charge in [-0.25, -0.2) is 4.79 Å².